The molecule has 2 N–H and O–H groups in total. The van der Waals surface area contributed by atoms with Gasteiger partial charge < -0.3 is 10.5 Å². The normalized spacial score (nSPS) is 32.6. The Labute approximate surface area is 94.0 Å². The highest BCUT2D eigenvalue weighted by atomic mass is 16.5. The summed E-state index contributed by atoms with van der Waals surface area (Å²) in [5.41, 5.74) is 5.89. The fourth-order valence-corrected chi connectivity index (χ4v) is 2.50. The van der Waals surface area contributed by atoms with Crippen molar-refractivity contribution in [2.24, 2.45) is 11.7 Å². The van der Waals surface area contributed by atoms with Crippen LogP contribution in [0.1, 0.15) is 34.1 Å². The molecule has 3 nitrogen and oxygen atoms in total. The van der Waals surface area contributed by atoms with Crippen molar-refractivity contribution in [3.63, 3.8) is 0 Å². The summed E-state index contributed by atoms with van der Waals surface area (Å²) in [6.45, 7) is 11.6. The van der Waals surface area contributed by atoms with E-state index >= 15 is 0 Å². The summed E-state index contributed by atoms with van der Waals surface area (Å²) in [5.74, 6) is 0.674. The molecule has 0 aromatic carbocycles. The van der Waals surface area contributed by atoms with Crippen LogP contribution < -0.4 is 5.73 Å². The number of ether oxygens (including phenoxy) is 1. The van der Waals surface area contributed by atoms with Gasteiger partial charge in [0.25, 0.3) is 0 Å². The molecule has 1 rings (SSSR count). The molecule has 0 aliphatic carbocycles. The molecule has 0 amide bonds. The van der Waals surface area contributed by atoms with E-state index < -0.39 is 0 Å². The van der Waals surface area contributed by atoms with E-state index in [2.05, 4.69) is 32.6 Å². The molecule has 4 atom stereocenters. The first-order chi connectivity index (χ1) is 7.08. The summed E-state index contributed by atoms with van der Waals surface area (Å²) in [5, 5.41) is 0. The SMILES string of the molecule is CCC(C)C(CN)N1C[C@@H](C)O[C@@H](C)C1. The van der Waals surface area contributed by atoms with E-state index in [0.29, 0.717) is 24.2 Å². The van der Waals surface area contributed by atoms with Gasteiger partial charge in [-0.3, -0.25) is 4.90 Å². The lowest BCUT2D eigenvalue weighted by atomic mass is 9.96. The zero-order valence-electron chi connectivity index (χ0n) is 10.6. The molecule has 1 saturated heterocycles. The minimum atomic E-state index is 0.340. The average molecular weight is 214 g/mol. The Bertz CT molecular complexity index is 176. The predicted octanol–water partition coefficient (Wildman–Crippen LogP) is 1.47. The van der Waals surface area contributed by atoms with Gasteiger partial charge in [0.15, 0.2) is 0 Å². The van der Waals surface area contributed by atoms with Gasteiger partial charge in [-0.2, -0.15) is 0 Å². The first-order valence-corrected chi connectivity index (χ1v) is 6.18. The quantitative estimate of drug-likeness (QED) is 0.770. The second kappa shape index (κ2) is 5.83. The smallest absolute Gasteiger partial charge is 0.0678 e. The molecular formula is C12H26N2O. The van der Waals surface area contributed by atoms with Crippen LogP contribution >= 0.6 is 0 Å². The minimum Gasteiger partial charge on any atom is -0.373 e. The molecule has 1 fully saturated rings. The van der Waals surface area contributed by atoms with E-state index in [1.807, 2.05) is 0 Å². The summed E-state index contributed by atoms with van der Waals surface area (Å²) >= 11 is 0. The second-order valence-electron chi connectivity index (χ2n) is 4.90. The maximum absolute atomic E-state index is 5.89. The van der Waals surface area contributed by atoms with Gasteiger partial charge in [-0.15, -0.1) is 0 Å². The summed E-state index contributed by atoms with van der Waals surface area (Å²) in [7, 11) is 0. The van der Waals surface area contributed by atoms with E-state index in [1.54, 1.807) is 0 Å². The molecule has 0 spiro atoms. The lowest BCUT2D eigenvalue weighted by Gasteiger charge is -2.42. The van der Waals surface area contributed by atoms with Crippen LogP contribution in [0.4, 0.5) is 0 Å². The summed E-state index contributed by atoms with van der Waals surface area (Å²) < 4.78 is 5.74. The van der Waals surface area contributed by atoms with Crippen molar-refractivity contribution in [3.8, 4) is 0 Å². The molecule has 1 heterocycles. The van der Waals surface area contributed by atoms with Crippen LogP contribution in [0.3, 0.4) is 0 Å². The van der Waals surface area contributed by atoms with Gasteiger partial charge in [0, 0.05) is 25.7 Å². The Morgan fingerprint density at radius 1 is 1.33 bits per heavy atom. The van der Waals surface area contributed by atoms with E-state index in [0.717, 1.165) is 19.6 Å². The first kappa shape index (κ1) is 12.9. The molecule has 2 unspecified atom stereocenters. The van der Waals surface area contributed by atoms with Crippen LogP contribution in [0.2, 0.25) is 0 Å². The maximum atomic E-state index is 5.89. The van der Waals surface area contributed by atoms with Gasteiger partial charge >= 0.3 is 0 Å². The van der Waals surface area contributed by atoms with Crippen LogP contribution in [-0.4, -0.2) is 42.8 Å². The molecule has 3 heteroatoms. The predicted molar refractivity (Wildman–Crippen MR) is 63.9 cm³/mol. The van der Waals surface area contributed by atoms with Crippen LogP contribution in [0.5, 0.6) is 0 Å². The Morgan fingerprint density at radius 3 is 2.27 bits per heavy atom. The highest BCUT2D eigenvalue weighted by Crippen LogP contribution is 2.19. The highest BCUT2D eigenvalue weighted by molar-refractivity contribution is 4.83. The second-order valence-corrected chi connectivity index (χ2v) is 4.90. The average Bonchev–Trinajstić information content (AvgIpc) is 2.17. The Balaban J connectivity index is 2.58. The number of nitrogens with two attached hydrogens (primary N) is 1. The third-order valence-corrected chi connectivity index (χ3v) is 3.46. The largest absolute Gasteiger partial charge is 0.373 e. The molecule has 1 aliphatic heterocycles. The number of nitrogens with zero attached hydrogens (tertiary/aromatic N) is 1. The molecule has 15 heavy (non-hydrogen) atoms. The highest BCUT2D eigenvalue weighted by Gasteiger charge is 2.29. The Kier molecular flexibility index (Phi) is 5.03. The van der Waals surface area contributed by atoms with Crippen molar-refractivity contribution in [2.75, 3.05) is 19.6 Å². The van der Waals surface area contributed by atoms with Crippen molar-refractivity contribution in [1.82, 2.24) is 4.90 Å². The van der Waals surface area contributed by atoms with Gasteiger partial charge in [-0.05, 0) is 19.8 Å². The fraction of sp³-hybridized carbons (Fsp3) is 1.00. The topological polar surface area (TPSA) is 38.5 Å². The summed E-state index contributed by atoms with van der Waals surface area (Å²) in [6, 6.07) is 0.517. The van der Waals surface area contributed by atoms with Gasteiger partial charge in [0.2, 0.25) is 0 Å². The number of rotatable bonds is 4. The zero-order valence-corrected chi connectivity index (χ0v) is 10.6. The molecule has 90 valence electrons. The van der Waals surface area contributed by atoms with Gasteiger partial charge in [0.1, 0.15) is 0 Å². The number of hydrogen-bond acceptors (Lipinski definition) is 3. The molecule has 0 radical (unpaired) electrons. The molecular weight excluding hydrogens is 188 g/mol. The van der Waals surface area contributed by atoms with Crippen LogP contribution in [0.15, 0.2) is 0 Å². The maximum Gasteiger partial charge on any atom is 0.0678 e. The fourth-order valence-electron chi connectivity index (χ4n) is 2.50. The van der Waals surface area contributed by atoms with E-state index in [9.17, 15) is 0 Å². The third kappa shape index (κ3) is 3.44. The van der Waals surface area contributed by atoms with E-state index in [1.165, 1.54) is 6.42 Å². The summed E-state index contributed by atoms with van der Waals surface area (Å²) in [4.78, 5) is 2.51. The van der Waals surface area contributed by atoms with Crippen molar-refractivity contribution >= 4 is 0 Å². The van der Waals surface area contributed by atoms with Crippen molar-refractivity contribution in [3.05, 3.63) is 0 Å². The lowest BCUT2D eigenvalue weighted by Crippen LogP contribution is -2.54. The van der Waals surface area contributed by atoms with Gasteiger partial charge in [-0.1, -0.05) is 20.3 Å². The Hall–Kier alpha value is -0.120. The van der Waals surface area contributed by atoms with Crippen molar-refractivity contribution in [2.45, 2.75) is 52.4 Å². The van der Waals surface area contributed by atoms with Crippen LogP contribution in [-0.2, 0) is 4.74 Å². The van der Waals surface area contributed by atoms with Crippen LogP contribution in [0, 0.1) is 5.92 Å². The molecule has 0 aromatic rings. The summed E-state index contributed by atoms with van der Waals surface area (Å²) in [6.07, 6.45) is 1.88. The molecule has 1 aliphatic rings. The number of hydrogen-bond donors (Lipinski definition) is 1. The third-order valence-electron chi connectivity index (χ3n) is 3.46. The van der Waals surface area contributed by atoms with Gasteiger partial charge in [0.05, 0.1) is 12.2 Å². The van der Waals surface area contributed by atoms with Crippen molar-refractivity contribution in [1.29, 1.82) is 0 Å². The van der Waals surface area contributed by atoms with E-state index in [-0.39, 0.29) is 0 Å². The van der Waals surface area contributed by atoms with Crippen molar-refractivity contribution < 1.29 is 4.74 Å². The molecule has 0 aromatic heterocycles. The lowest BCUT2D eigenvalue weighted by molar-refractivity contribution is -0.0851. The van der Waals surface area contributed by atoms with E-state index in [4.69, 9.17) is 10.5 Å². The molecule has 0 bridgehead atoms. The monoisotopic (exact) mass is 214 g/mol. The van der Waals surface area contributed by atoms with Gasteiger partial charge in [-0.25, -0.2) is 0 Å². The standard InChI is InChI=1S/C12H26N2O/c1-5-9(2)12(6-13)14-7-10(3)15-11(4)8-14/h9-12H,5-8,13H2,1-4H3/t9?,10-,11+,12?. The Morgan fingerprint density at radius 2 is 1.87 bits per heavy atom. The minimum absolute atomic E-state index is 0.340. The van der Waals surface area contributed by atoms with Crippen LogP contribution in [0.25, 0.3) is 0 Å². The first-order valence-electron chi connectivity index (χ1n) is 6.18. The number of morpholine rings is 1. The zero-order chi connectivity index (χ0) is 11.4. The molecule has 0 saturated carbocycles.